The van der Waals surface area contributed by atoms with Gasteiger partial charge in [-0.15, -0.1) is 0 Å². The van der Waals surface area contributed by atoms with Gasteiger partial charge in [-0.25, -0.2) is 9.78 Å². The molecule has 0 saturated carbocycles. The van der Waals surface area contributed by atoms with Crippen molar-refractivity contribution >= 4 is 28.6 Å². The van der Waals surface area contributed by atoms with Crippen LogP contribution in [-0.2, 0) is 6.54 Å². The van der Waals surface area contributed by atoms with E-state index in [9.17, 15) is 9.59 Å². The number of anilines is 2. The average molecular weight is 484 g/mol. The summed E-state index contributed by atoms with van der Waals surface area (Å²) in [6.07, 6.45) is 0. The molecular formula is C28H29N5O3. The van der Waals surface area contributed by atoms with E-state index in [-0.39, 0.29) is 11.6 Å². The van der Waals surface area contributed by atoms with Crippen molar-refractivity contribution in [3.05, 3.63) is 94.8 Å². The van der Waals surface area contributed by atoms with Gasteiger partial charge in [0.15, 0.2) is 5.82 Å². The predicted molar refractivity (Wildman–Crippen MR) is 142 cm³/mol. The third kappa shape index (κ3) is 4.88. The maximum absolute atomic E-state index is 13.6. The second-order valence-electron chi connectivity index (χ2n) is 8.63. The van der Waals surface area contributed by atoms with E-state index < -0.39 is 0 Å². The van der Waals surface area contributed by atoms with Gasteiger partial charge in [-0.1, -0.05) is 54.6 Å². The molecule has 0 atom stereocenters. The molecule has 1 fully saturated rings. The van der Waals surface area contributed by atoms with E-state index in [0.717, 1.165) is 16.6 Å². The third-order valence-electron chi connectivity index (χ3n) is 6.31. The van der Waals surface area contributed by atoms with Crippen LogP contribution in [0.2, 0.25) is 0 Å². The van der Waals surface area contributed by atoms with Crippen LogP contribution in [0.3, 0.4) is 0 Å². The summed E-state index contributed by atoms with van der Waals surface area (Å²) in [7, 11) is 0. The molecule has 0 aliphatic carbocycles. The first-order valence-corrected chi connectivity index (χ1v) is 12.2. The second kappa shape index (κ2) is 10.5. The van der Waals surface area contributed by atoms with Crippen LogP contribution in [0.1, 0.15) is 12.5 Å². The Morgan fingerprint density at radius 1 is 0.917 bits per heavy atom. The highest BCUT2D eigenvalue weighted by Crippen LogP contribution is 2.24. The number of aromatic nitrogens is 2. The van der Waals surface area contributed by atoms with E-state index in [2.05, 4.69) is 5.32 Å². The van der Waals surface area contributed by atoms with E-state index >= 15 is 0 Å². The van der Waals surface area contributed by atoms with Crippen LogP contribution in [0.15, 0.2) is 83.7 Å². The van der Waals surface area contributed by atoms with Gasteiger partial charge >= 0.3 is 6.03 Å². The number of ether oxygens (including phenoxy) is 1. The topological polar surface area (TPSA) is 79.7 Å². The number of carbonyl (C=O) groups excluding carboxylic acids is 1. The minimum absolute atomic E-state index is 0.124. The third-order valence-corrected chi connectivity index (χ3v) is 6.31. The Balaban J connectivity index is 1.34. The Bertz CT molecular complexity index is 1410. The van der Waals surface area contributed by atoms with Crippen molar-refractivity contribution in [1.82, 2.24) is 14.5 Å². The van der Waals surface area contributed by atoms with Crippen molar-refractivity contribution < 1.29 is 9.53 Å². The molecule has 3 aromatic carbocycles. The highest BCUT2D eigenvalue weighted by Gasteiger charge is 2.25. The summed E-state index contributed by atoms with van der Waals surface area (Å²) in [6, 6.07) is 24.9. The fraction of sp³-hybridized carbons (Fsp3) is 0.250. The first kappa shape index (κ1) is 23.4. The van der Waals surface area contributed by atoms with Gasteiger partial charge in [0.25, 0.3) is 5.56 Å². The Labute approximate surface area is 209 Å². The van der Waals surface area contributed by atoms with E-state index in [1.807, 2.05) is 90.7 Å². The quantitative estimate of drug-likeness (QED) is 0.445. The Morgan fingerprint density at radius 3 is 2.39 bits per heavy atom. The van der Waals surface area contributed by atoms with E-state index in [1.165, 1.54) is 0 Å². The number of hydrogen-bond acceptors (Lipinski definition) is 5. The zero-order chi connectivity index (χ0) is 24.9. The predicted octanol–water partition coefficient (Wildman–Crippen LogP) is 4.20. The fourth-order valence-corrected chi connectivity index (χ4v) is 4.47. The Morgan fingerprint density at radius 2 is 1.61 bits per heavy atom. The van der Waals surface area contributed by atoms with E-state index in [4.69, 9.17) is 9.72 Å². The lowest BCUT2D eigenvalue weighted by Gasteiger charge is -2.35. The molecule has 184 valence electrons. The molecule has 5 rings (SSSR count). The summed E-state index contributed by atoms with van der Waals surface area (Å²) in [4.78, 5) is 35.0. The van der Waals surface area contributed by atoms with Crippen molar-refractivity contribution in [3.8, 4) is 5.75 Å². The number of piperazine rings is 1. The van der Waals surface area contributed by atoms with Crippen molar-refractivity contribution in [2.24, 2.45) is 0 Å². The average Bonchev–Trinajstić information content (AvgIpc) is 2.92. The summed E-state index contributed by atoms with van der Waals surface area (Å²) >= 11 is 0. The van der Waals surface area contributed by atoms with Crippen LogP contribution in [0, 0.1) is 0 Å². The molecule has 8 nitrogen and oxygen atoms in total. The highest BCUT2D eigenvalue weighted by molar-refractivity contribution is 5.91. The van der Waals surface area contributed by atoms with Gasteiger partial charge in [0.1, 0.15) is 5.75 Å². The molecule has 0 spiro atoms. The first-order valence-electron chi connectivity index (χ1n) is 12.2. The number of hydrogen-bond donors (Lipinski definition) is 1. The van der Waals surface area contributed by atoms with Crippen molar-refractivity contribution in [3.63, 3.8) is 0 Å². The molecule has 8 heteroatoms. The number of nitrogens with one attached hydrogen (secondary N) is 1. The maximum Gasteiger partial charge on any atom is 0.322 e. The molecule has 1 saturated heterocycles. The van der Waals surface area contributed by atoms with Gasteiger partial charge in [-0.3, -0.25) is 9.36 Å². The number of para-hydroxylation sites is 4. The van der Waals surface area contributed by atoms with Crippen LogP contribution in [0.4, 0.5) is 16.3 Å². The number of amides is 2. The minimum Gasteiger partial charge on any atom is -0.492 e. The molecule has 0 radical (unpaired) electrons. The molecular weight excluding hydrogens is 454 g/mol. The van der Waals surface area contributed by atoms with Gasteiger partial charge in [-0.2, -0.15) is 0 Å². The maximum atomic E-state index is 13.6. The standard InChI is InChI=1S/C28H29N5O3/c1-2-36-25-15-9-7-13-23(25)30-28(35)32-18-16-31(17-19-32)26-27(34)33(20-21-10-4-3-5-11-21)24-14-8-6-12-22(24)29-26/h3-15H,2,16-20H2,1H3,(H,30,35). The normalized spacial score (nSPS) is 13.6. The van der Waals surface area contributed by atoms with Crippen LogP contribution in [0.25, 0.3) is 11.0 Å². The Hall–Kier alpha value is -4.33. The molecule has 1 aromatic heterocycles. The minimum atomic E-state index is -0.185. The molecule has 1 N–H and O–H groups in total. The van der Waals surface area contributed by atoms with Crippen LogP contribution in [0.5, 0.6) is 5.75 Å². The number of carbonyl (C=O) groups is 1. The van der Waals surface area contributed by atoms with Gasteiger partial charge in [0.2, 0.25) is 0 Å². The first-order chi connectivity index (χ1) is 17.6. The molecule has 2 heterocycles. The van der Waals surface area contributed by atoms with Crippen molar-refractivity contribution in [2.45, 2.75) is 13.5 Å². The molecule has 4 aromatic rings. The van der Waals surface area contributed by atoms with Gasteiger partial charge < -0.3 is 19.9 Å². The SMILES string of the molecule is CCOc1ccccc1NC(=O)N1CCN(c2nc3ccccc3n(Cc3ccccc3)c2=O)CC1. The van der Waals surface area contributed by atoms with Gasteiger partial charge in [0, 0.05) is 26.2 Å². The van der Waals surface area contributed by atoms with E-state index in [1.54, 1.807) is 9.47 Å². The molecule has 1 aliphatic heterocycles. The molecule has 0 bridgehead atoms. The van der Waals surface area contributed by atoms with Crippen molar-refractivity contribution in [1.29, 1.82) is 0 Å². The number of fused-ring (bicyclic) bond motifs is 1. The number of urea groups is 1. The van der Waals surface area contributed by atoms with Gasteiger partial charge in [-0.05, 0) is 36.8 Å². The lowest BCUT2D eigenvalue weighted by Crippen LogP contribution is -2.51. The van der Waals surface area contributed by atoms with Crippen LogP contribution >= 0.6 is 0 Å². The summed E-state index contributed by atoms with van der Waals surface area (Å²) in [6.45, 7) is 4.90. The van der Waals surface area contributed by atoms with E-state index in [0.29, 0.717) is 56.6 Å². The summed E-state index contributed by atoms with van der Waals surface area (Å²) < 4.78 is 7.40. The lowest BCUT2D eigenvalue weighted by molar-refractivity contribution is 0.208. The smallest absolute Gasteiger partial charge is 0.322 e. The molecule has 2 amide bonds. The number of nitrogens with zero attached hydrogens (tertiary/aromatic N) is 4. The Kier molecular flexibility index (Phi) is 6.84. The zero-order valence-corrected chi connectivity index (χ0v) is 20.3. The summed E-state index contributed by atoms with van der Waals surface area (Å²) in [5, 5.41) is 2.95. The van der Waals surface area contributed by atoms with Gasteiger partial charge in [0.05, 0.1) is 29.9 Å². The van der Waals surface area contributed by atoms with Crippen LogP contribution < -0.4 is 20.5 Å². The van der Waals surface area contributed by atoms with Crippen molar-refractivity contribution in [2.75, 3.05) is 43.0 Å². The molecule has 0 unspecified atom stereocenters. The molecule has 36 heavy (non-hydrogen) atoms. The molecule has 1 aliphatic rings. The zero-order valence-electron chi connectivity index (χ0n) is 20.3. The second-order valence-corrected chi connectivity index (χ2v) is 8.63. The highest BCUT2D eigenvalue weighted by atomic mass is 16.5. The monoisotopic (exact) mass is 483 g/mol. The number of benzene rings is 3. The summed E-state index contributed by atoms with van der Waals surface area (Å²) in [5.41, 5.74) is 3.15. The largest absolute Gasteiger partial charge is 0.492 e. The number of rotatable bonds is 6. The fourth-order valence-electron chi connectivity index (χ4n) is 4.47. The lowest BCUT2D eigenvalue weighted by atomic mass is 10.2. The summed E-state index contributed by atoms with van der Waals surface area (Å²) in [5.74, 6) is 1.07. The van der Waals surface area contributed by atoms with Crippen LogP contribution in [-0.4, -0.2) is 53.3 Å².